The zero-order valence-corrected chi connectivity index (χ0v) is 13.4. The first kappa shape index (κ1) is 14.4. The first-order valence-corrected chi connectivity index (χ1v) is 8.00. The smallest absolute Gasteiger partial charge is 0.214 e. The van der Waals surface area contributed by atoms with Crippen LogP contribution in [0.4, 0.5) is 0 Å². The molecule has 2 heterocycles. The standard InChI is InChI=1S/C14H16ClN5S/c1-8(2)12(16)13-17-18-14-20(13)19-11(7-21-14)9-3-5-10(15)6-4-9/h3-8,12,19H,16H2,1-2H3/p+1/t12-/m0/s1. The monoisotopic (exact) mass is 322 g/mol. The Morgan fingerprint density at radius 1 is 1.24 bits per heavy atom. The van der Waals surface area contributed by atoms with Gasteiger partial charge in [-0.1, -0.05) is 49.3 Å². The van der Waals surface area contributed by atoms with Crippen LogP contribution in [0.1, 0.15) is 31.3 Å². The molecule has 7 heteroatoms. The van der Waals surface area contributed by atoms with E-state index in [1.54, 1.807) is 11.8 Å². The Bertz CT molecular complexity index is 677. The van der Waals surface area contributed by atoms with Crippen molar-refractivity contribution in [1.82, 2.24) is 14.9 Å². The number of benzene rings is 1. The summed E-state index contributed by atoms with van der Waals surface area (Å²) in [6.07, 6.45) is 0. The van der Waals surface area contributed by atoms with Crippen LogP contribution in [-0.4, -0.2) is 14.9 Å². The van der Waals surface area contributed by atoms with Gasteiger partial charge in [-0.3, -0.25) is 5.43 Å². The normalized spacial score (nSPS) is 15.4. The molecule has 0 amide bonds. The summed E-state index contributed by atoms with van der Waals surface area (Å²) in [5.41, 5.74) is 9.63. The van der Waals surface area contributed by atoms with E-state index in [0.29, 0.717) is 5.92 Å². The lowest BCUT2D eigenvalue weighted by atomic mass is 10.1. The molecule has 0 unspecified atom stereocenters. The number of rotatable bonds is 3. The first-order valence-electron chi connectivity index (χ1n) is 6.74. The van der Waals surface area contributed by atoms with Crippen LogP contribution >= 0.6 is 23.4 Å². The third kappa shape index (κ3) is 2.79. The van der Waals surface area contributed by atoms with E-state index in [9.17, 15) is 0 Å². The predicted octanol–water partition coefficient (Wildman–Crippen LogP) is 2.52. The molecular formula is C14H17ClN5S+. The molecular weight excluding hydrogens is 306 g/mol. The van der Waals surface area contributed by atoms with Crippen molar-refractivity contribution < 1.29 is 5.73 Å². The summed E-state index contributed by atoms with van der Waals surface area (Å²) in [6, 6.07) is 7.82. The van der Waals surface area contributed by atoms with Gasteiger partial charge in [-0.2, -0.15) is 0 Å². The van der Waals surface area contributed by atoms with Crippen molar-refractivity contribution >= 4 is 29.1 Å². The van der Waals surface area contributed by atoms with Gasteiger partial charge in [0.15, 0.2) is 0 Å². The molecule has 0 fully saturated rings. The van der Waals surface area contributed by atoms with Crippen molar-refractivity contribution in [2.24, 2.45) is 5.92 Å². The van der Waals surface area contributed by atoms with Crippen molar-refractivity contribution in [1.29, 1.82) is 0 Å². The largest absolute Gasteiger partial charge is 0.348 e. The summed E-state index contributed by atoms with van der Waals surface area (Å²) in [7, 11) is 0. The lowest BCUT2D eigenvalue weighted by molar-refractivity contribution is -0.440. The third-order valence-corrected chi connectivity index (χ3v) is 4.55. The molecule has 0 saturated heterocycles. The third-order valence-electron chi connectivity index (χ3n) is 3.46. The number of nitrogens with one attached hydrogen (secondary N) is 1. The number of fused-ring (bicyclic) bond motifs is 1. The van der Waals surface area contributed by atoms with E-state index in [-0.39, 0.29) is 6.04 Å². The lowest BCUT2D eigenvalue weighted by Gasteiger charge is -2.21. The van der Waals surface area contributed by atoms with E-state index in [2.05, 4.69) is 35.2 Å². The Labute approximate surface area is 132 Å². The molecule has 4 N–H and O–H groups in total. The molecule has 1 aromatic carbocycles. The average molecular weight is 323 g/mol. The van der Waals surface area contributed by atoms with Crippen LogP contribution in [0.3, 0.4) is 0 Å². The van der Waals surface area contributed by atoms with Gasteiger partial charge in [-0.25, -0.2) is 4.68 Å². The molecule has 1 atom stereocenters. The highest BCUT2D eigenvalue weighted by Crippen LogP contribution is 2.30. The number of quaternary nitrogens is 1. The second kappa shape index (κ2) is 5.71. The van der Waals surface area contributed by atoms with Crippen LogP contribution in [0.15, 0.2) is 34.8 Å². The number of halogens is 1. The van der Waals surface area contributed by atoms with Gasteiger partial charge < -0.3 is 5.73 Å². The number of hydrogen-bond acceptors (Lipinski definition) is 4. The second-order valence-corrected chi connectivity index (χ2v) is 6.57. The van der Waals surface area contributed by atoms with Gasteiger partial charge in [-0.15, -0.1) is 10.2 Å². The molecule has 0 aliphatic carbocycles. The van der Waals surface area contributed by atoms with Crippen molar-refractivity contribution in [2.75, 3.05) is 5.43 Å². The fraction of sp³-hybridized carbons (Fsp3) is 0.286. The number of nitrogens with zero attached hydrogens (tertiary/aromatic N) is 3. The molecule has 0 bridgehead atoms. The molecule has 0 spiro atoms. The second-order valence-electron chi connectivity index (χ2n) is 5.29. The zero-order chi connectivity index (χ0) is 15.0. The molecule has 1 aromatic heterocycles. The molecule has 21 heavy (non-hydrogen) atoms. The summed E-state index contributed by atoms with van der Waals surface area (Å²) in [5.74, 6) is 1.25. The van der Waals surface area contributed by atoms with E-state index < -0.39 is 0 Å². The van der Waals surface area contributed by atoms with Crippen LogP contribution < -0.4 is 11.2 Å². The highest BCUT2D eigenvalue weighted by molar-refractivity contribution is 8.02. The molecule has 110 valence electrons. The summed E-state index contributed by atoms with van der Waals surface area (Å²) >= 11 is 7.49. The van der Waals surface area contributed by atoms with Crippen LogP contribution in [0.2, 0.25) is 5.02 Å². The summed E-state index contributed by atoms with van der Waals surface area (Å²) in [6.45, 7) is 4.26. The Balaban J connectivity index is 1.90. The fourth-order valence-corrected chi connectivity index (χ4v) is 2.89. The minimum Gasteiger partial charge on any atom is -0.348 e. The number of hydrogen-bond donors (Lipinski definition) is 2. The maximum absolute atomic E-state index is 5.94. The Hall–Kier alpha value is -1.50. The number of aromatic nitrogens is 3. The molecule has 5 nitrogen and oxygen atoms in total. The quantitative estimate of drug-likeness (QED) is 0.911. The van der Waals surface area contributed by atoms with Gasteiger partial charge in [0.25, 0.3) is 0 Å². The van der Waals surface area contributed by atoms with Gasteiger partial charge in [0.1, 0.15) is 6.04 Å². The minimum absolute atomic E-state index is 0.0870. The summed E-state index contributed by atoms with van der Waals surface area (Å²) in [4.78, 5) is 0. The maximum atomic E-state index is 5.94. The molecule has 3 rings (SSSR count). The summed E-state index contributed by atoms with van der Waals surface area (Å²) < 4.78 is 1.92. The van der Waals surface area contributed by atoms with Crippen LogP contribution in [-0.2, 0) is 0 Å². The van der Waals surface area contributed by atoms with Crippen molar-refractivity contribution in [3.8, 4) is 0 Å². The number of thioether (sulfide) groups is 1. The zero-order valence-electron chi connectivity index (χ0n) is 11.9. The van der Waals surface area contributed by atoms with Crippen LogP contribution in [0, 0.1) is 5.92 Å². The van der Waals surface area contributed by atoms with Crippen LogP contribution in [0.5, 0.6) is 0 Å². The van der Waals surface area contributed by atoms with Crippen molar-refractivity contribution in [2.45, 2.75) is 25.0 Å². The van der Waals surface area contributed by atoms with Crippen molar-refractivity contribution in [3.05, 3.63) is 46.1 Å². The molecule has 1 aliphatic heterocycles. The van der Waals surface area contributed by atoms with Crippen molar-refractivity contribution in [3.63, 3.8) is 0 Å². The van der Waals surface area contributed by atoms with Gasteiger partial charge >= 0.3 is 0 Å². The van der Waals surface area contributed by atoms with E-state index in [0.717, 1.165) is 27.3 Å². The Kier molecular flexibility index (Phi) is 3.93. The molecule has 2 aromatic rings. The highest BCUT2D eigenvalue weighted by atomic mass is 35.5. The predicted molar refractivity (Wildman–Crippen MR) is 85.1 cm³/mol. The average Bonchev–Trinajstić information content (AvgIpc) is 2.90. The molecule has 0 saturated carbocycles. The van der Waals surface area contributed by atoms with Crippen LogP contribution in [0.25, 0.3) is 5.70 Å². The Morgan fingerprint density at radius 3 is 2.62 bits per heavy atom. The highest BCUT2D eigenvalue weighted by Gasteiger charge is 2.26. The van der Waals surface area contributed by atoms with E-state index in [4.69, 9.17) is 11.6 Å². The van der Waals surface area contributed by atoms with Gasteiger partial charge in [0, 0.05) is 21.9 Å². The summed E-state index contributed by atoms with van der Waals surface area (Å²) in [5, 5.41) is 12.1. The van der Waals surface area contributed by atoms with E-state index in [1.165, 1.54) is 0 Å². The van der Waals surface area contributed by atoms with E-state index in [1.807, 2.05) is 34.3 Å². The van der Waals surface area contributed by atoms with E-state index >= 15 is 0 Å². The topological polar surface area (TPSA) is 70.4 Å². The first-order chi connectivity index (χ1) is 10.1. The lowest BCUT2D eigenvalue weighted by Crippen LogP contribution is -2.57. The van der Waals surface area contributed by atoms with Gasteiger partial charge in [-0.05, 0) is 12.1 Å². The van der Waals surface area contributed by atoms with Gasteiger partial charge in [0.05, 0.1) is 5.70 Å². The minimum atomic E-state index is 0.0870. The maximum Gasteiger partial charge on any atom is 0.214 e. The van der Waals surface area contributed by atoms with Gasteiger partial charge in [0.2, 0.25) is 11.0 Å². The molecule has 1 aliphatic rings. The Morgan fingerprint density at radius 2 is 1.95 bits per heavy atom. The molecule has 0 radical (unpaired) electrons. The SMILES string of the molecule is CC(C)[C@H]([NH3+])c1nnc2n1NC(c1ccc(Cl)cc1)=CS2. The fourth-order valence-electron chi connectivity index (χ4n) is 2.02.